The molecule has 5 heteroatoms. The minimum absolute atomic E-state index is 0.616. The Hall–Kier alpha value is -2.82. The van der Waals surface area contributed by atoms with Gasteiger partial charge in [0.15, 0.2) is 0 Å². The normalized spacial score (nSPS) is 14.7. The maximum absolute atomic E-state index is 12.2. The van der Waals surface area contributed by atoms with Gasteiger partial charge >= 0.3 is 11.8 Å². The molecule has 0 saturated carbocycles. The molecule has 0 radical (unpaired) electrons. The Kier molecular flexibility index (Phi) is 5.79. The molecule has 0 spiro atoms. The second kappa shape index (κ2) is 8.25. The van der Waals surface area contributed by atoms with E-state index in [1.165, 1.54) is 12.8 Å². The highest BCUT2D eigenvalue weighted by Crippen LogP contribution is 2.24. The number of hydrogen-bond acceptors (Lipinski definition) is 3. The van der Waals surface area contributed by atoms with E-state index in [0.717, 1.165) is 35.8 Å². The Morgan fingerprint density at radius 1 is 0.926 bits per heavy atom. The molecule has 1 saturated heterocycles. The van der Waals surface area contributed by atoms with Crippen LogP contribution in [0.25, 0.3) is 0 Å². The Bertz CT molecular complexity index is 822. The molecule has 1 aliphatic rings. The van der Waals surface area contributed by atoms with Crippen molar-refractivity contribution < 1.29 is 9.59 Å². The number of amides is 2. The topological polar surface area (TPSA) is 61.4 Å². The van der Waals surface area contributed by atoms with Crippen LogP contribution in [-0.4, -0.2) is 24.9 Å². The van der Waals surface area contributed by atoms with Gasteiger partial charge in [-0.2, -0.15) is 0 Å². The van der Waals surface area contributed by atoms with E-state index in [4.69, 9.17) is 0 Å². The van der Waals surface area contributed by atoms with Gasteiger partial charge in [-0.3, -0.25) is 9.59 Å². The first-order valence-corrected chi connectivity index (χ1v) is 9.47. The molecule has 2 amide bonds. The lowest BCUT2D eigenvalue weighted by Crippen LogP contribution is -2.32. The Labute approximate surface area is 160 Å². The van der Waals surface area contributed by atoms with Gasteiger partial charge in [-0.05, 0) is 68.5 Å². The quantitative estimate of drug-likeness (QED) is 0.805. The maximum Gasteiger partial charge on any atom is 0.314 e. The summed E-state index contributed by atoms with van der Waals surface area (Å²) in [7, 11) is 0. The smallest absolute Gasteiger partial charge is 0.314 e. The summed E-state index contributed by atoms with van der Waals surface area (Å²) in [4.78, 5) is 26.7. The number of piperidine rings is 1. The van der Waals surface area contributed by atoms with Gasteiger partial charge in [-0.1, -0.05) is 24.6 Å². The van der Waals surface area contributed by atoms with Crippen molar-refractivity contribution >= 4 is 28.9 Å². The van der Waals surface area contributed by atoms with Crippen molar-refractivity contribution in [2.45, 2.75) is 33.6 Å². The summed E-state index contributed by atoms with van der Waals surface area (Å²) < 4.78 is 0. The van der Waals surface area contributed by atoms with Crippen LogP contribution >= 0.6 is 0 Å². The zero-order chi connectivity index (χ0) is 19.4. The monoisotopic (exact) mass is 365 g/mol. The Morgan fingerprint density at radius 3 is 2.19 bits per heavy atom. The van der Waals surface area contributed by atoms with Crippen LogP contribution in [0.5, 0.6) is 0 Å². The average Bonchev–Trinajstić information content (AvgIpc) is 2.65. The van der Waals surface area contributed by atoms with Gasteiger partial charge in [0.05, 0.1) is 0 Å². The zero-order valence-electron chi connectivity index (χ0n) is 16.2. The first kappa shape index (κ1) is 19.0. The van der Waals surface area contributed by atoms with Crippen molar-refractivity contribution in [3.63, 3.8) is 0 Å². The SMILES string of the molecule is Cc1ccc(NC(=O)C(=O)Nc2ccc(N3CCC(C)CC3)cc2)c(C)c1. The van der Waals surface area contributed by atoms with Crippen molar-refractivity contribution in [1.82, 2.24) is 0 Å². The summed E-state index contributed by atoms with van der Waals surface area (Å²) in [6.45, 7) is 8.30. The molecule has 1 aliphatic heterocycles. The molecule has 0 bridgehead atoms. The number of nitrogens with one attached hydrogen (secondary N) is 2. The van der Waals surface area contributed by atoms with Gasteiger partial charge in [-0.15, -0.1) is 0 Å². The first-order chi connectivity index (χ1) is 12.9. The van der Waals surface area contributed by atoms with E-state index in [9.17, 15) is 9.59 Å². The number of rotatable bonds is 3. The van der Waals surface area contributed by atoms with Crippen LogP contribution in [0.3, 0.4) is 0 Å². The van der Waals surface area contributed by atoms with Crippen LogP contribution in [0, 0.1) is 19.8 Å². The fourth-order valence-corrected chi connectivity index (χ4v) is 3.34. The molecule has 2 N–H and O–H groups in total. The number of carbonyl (C=O) groups is 2. The van der Waals surface area contributed by atoms with Crippen LogP contribution in [0.2, 0.25) is 0 Å². The molecule has 5 nitrogen and oxygen atoms in total. The number of aryl methyl sites for hydroxylation is 2. The molecule has 2 aromatic rings. The minimum Gasteiger partial charge on any atom is -0.372 e. The molecule has 0 unspecified atom stereocenters. The standard InChI is InChI=1S/C22H27N3O2/c1-15-10-12-25(13-11-15)19-7-5-18(6-8-19)23-21(26)22(27)24-20-9-4-16(2)14-17(20)3/h4-9,14-15H,10-13H2,1-3H3,(H,23,26)(H,24,27). The molecule has 0 aromatic heterocycles. The zero-order valence-corrected chi connectivity index (χ0v) is 16.2. The van der Waals surface area contributed by atoms with Gasteiger partial charge in [0.2, 0.25) is 0 Å². The second-order valence-corrected chi connectivity index (χ2v) is 7.44. The first-order valence-electron chi connectivity index (χ1n) is 9.47. The largest absolute Gasteiger partial charge is 0.372 e. The molecule has 142 valence electrons. The van der Waals surface area contributed by atoms with E-state index in [2.05, 4.69) is 22.5 Å². The van der Waals surface area contributed by atoms with Crippen LogP contribution in [0.1, 0.15) is 30.9 Å². The molecule has 1 fully saturated rings. The third kappa shape index (κ3) is 4.88. The number of anilines is 3. The highest BCUT2D eigenvalue weighted by molar-refractivity contribution is 6.43. The fraction of sp³-hybridized carbons (Fsp3) is 0.364. The van der Waals surface area contributed by atoms with E-state index < -0.39 is 11.8 Å². The predicted octanol–water partition coefficient (Wildman–Crippen LogP) is 4.12. The molecule has 0 atom stereocenters. The molecule has 3 rings (SSSR count). The van der Waals surface area contributed by atoms with Crippen molar-refractivity contribution in [3.8, 4) is 0 Å². The molecule has 1 heterocycles. The molecular weight excluding hydrogens is 338 g/mol. The van der Waals surface area contributed by atoms with Gasteiger partial charge in [0.1, 0.15) is 0 Å². The van der Waals surface area contributed by atoms with Crippen LogP contribution in [0.15, 0.2) is 42.5 Å². The summed E-state index contributed by atoms with van der Waals surface area (Å²) in [5.41, 5.74) is 4.45. The molecular formula is C22H27N3O2. The predicted molar refractivity (Wildman–Crippen MR) is 110 cm³/mol. The van der Waals surface area contributed by atoms with Crippen LogP contribution in [0.4, 0.5) is 17.1 Å². The van der Waals surface area contributed by atoms with Crippen LogP contribution < -0.4 is 15.5 Å². The van der Waals surface area contributed by atoms with Crippen molar-refractivity contribution in [1.29, 1.82) is 0 Å². The van der Waals surface area contributed by atoms with E-state index in [0.29, 0.717) is 11.4 Å². The summed E-state index contributed by atoms with van der Waals surface area (Å²) >= 11 is 0. The lowest BCUT2D eigenvalue weighted by atomic mass is 9.99. The van der Waals surface area contributed by atoms with Crippen molar-refractivity contribution in [2.24, 2.45) is 5.92 Å². The van der Waals surface area contributed by atoms with Gasteiger partial charge < -0.3 is 15.5 Å². The third-order valence-electron chi connectivity index (χ3n) is 5.11. The number of benzene rings is 2. The number of carbonyl (C=O) groups excluding carboxylic acids is 2. The fourth-order valence-electron chi connectivity index (χ4n) is 3.34. The second-order valence-electron chi connectivity index (χ2n) is 7.44. The van der Waals surface area contributed by atoms with Gasteiger partial charge in [0, 0.05) is 30.2 Å². The highest BCUT2D eigenvalue weighted by atomic mass is 16.2. The lowest BCUT2D eigenvalue weighted by Gasteiger charge is -2.32. The van der Waals surface area contributed by atoms with E-state index in [1.807, 2.05) is 56.3 Å². The summed E-state index contributed by atoms with van der Waals surface area (Å²) in [6, 6.07) is 13.4. The number of nitrogens with zero attached hydrogens (tertiary/aromatic N) is 1. The summed E-state index contributed by atoms with van der Waals surface area (Å²) in [5.74, 6) is -0.555. The molecule has 27 heavy (non-hydrogen) atoms. The van der Waals surface area contributed by atoms with Crippen LogP contribution in [-0.2, 0) is 9.59 Å². The van der Waals surface area contributed by atoms with Gasteiger partial charge in [0.25, 0.3) is 0 Å². The van der Waals surface area contributed by atoms with E-state index in [-0.39, 0.29) is 0 Å². The average molecular weight is 365 g/mol. The lowest BCUT2D eigenvalue weighted by molar-refractivity contribution is -0.133. The Balaban J connectivity index is 1.57. The third-order valence-corrected chi connectivity index (χ3v) is 5.11. The summed E-state index contributed by atoms with van der Waals surface area (Å²) in [5, 5.41) is 5.33. The minimum atomic E-state index is -0.672. The highest BCUT2D eigenvalue weighted by Gasteiger charge is 2.17. The van der Waals surface area contributed by atoms with Gasteiger partial charge in [-0.25, -0.2) is 0 Å². The van der Waals surface area contributed by atoms with E-state index in [1.54, 1.807) is 0 Å². The van der Waals surface area contributed by atoms with Crippen molar-refractivity contribution in [2.75, 3.05) is 28.6 Å². The molecule has 2 aromatic carbocycles. The Morgan fingerprint density at radius 2 is 1.56 bits per heavy atom. The van der Waals surface area contributed by atoms with Crippen molar-refractivity contribution in [3.05, 3.63) is 53.6 Å². The molecule has 0 aliphatic carbocycles. The summed E-state index contributed by atoms with van der Waals surface area (Å²) in [6.07, 6.45) is 2.41. The maximum atomic E-state index is 12.2. The van der Waals surface area contributed by atoms with E-state index >= 15 is 0 Å². The number of hydrogen-bond donors (Lipinski definition) is 2.